The molecule has 0 aromatic rings. The molecule has 182 valence electrons. The van der Waals surface area contributed by atoms with E-state index in [9.17, 15) is 5.11 Å². The summed E-state index contributed by atoms with van der Waals surface area (Å²) in [4.78, 5) is 2.63. The lowest BCUT2D eigenvalue weighted by atomic mass is 10.0. The maximum absolute atomic E-state index is 10.4. The van der Waals surface area contributed by atoms with Crippen LogP contribution in [-0.4, -0.2) is 35.7 Å². The average Bonchev–Trinajstić information content (AvgIpc) is 2.75. The summed E-state index contributed by atoms with van der Waals surface area (Å²) in [6.45, 7) is 10.4. The molecule has 0 amide bonds. The Hall–Kier alpha value is -0.0800. The van der Waals surface area contributed by atoms with Gasteiger partial charge in [-0.05, 0) is 38.8 Å². The molecule has 2 heteroatoms. The molecule has 0 heterocycles. The van der Waals surface area contributed by atoms with Gasteiger partial charge in [0, 0.05) is 6.54 Å². The first-order chi connectivity index (χ1) is 14.7. The molecule has 1 unspecified atom stereocenters. The molecule has 1 N–H and O–H groups in total. The zero-order valence-corrected chi connectivity index (χ0v) is 21.4. The van der Waals surface area contributed by atoms with Gasteiger partial charge in [0.25, 0.3) is 0 Å². The molecule has 0 aliphatic heterocycles. The van der Waals surface area contributed by atoms with Crippen molar-refractivity contribution >= 4 is 0 Å². The normalized spacial score (nSPS) is 12.7. The van der Waals surface area contributed by atoms with Gasteiger partial charge in [0.15, 0.2) is 0 Å². The van der Waals surface area contributed by atoms with Crippen molar-refractivity contribution in [2.75, 3.05) is 19.6 Å². The van der Waals surface area contributed by atoms with Gasteiger partial charge in [-0.1, -0.05) is 130 Å². The van der Waals surface area contributed by atoms with E-state index in [1.165, 1.54) is 135 Å². The molecule has 0 aromatic heterocycles. The molecule has 0 fully saturated rings. The molecule has 30 heavy (non-hydrogen) atoms. The van der Waals surface area contributed by atoms with Gasteiger partial charge < -0.3 is 10.0 Å². The summed E-state index contributed by atoms with van der Waals surface area (Å²) in [5.74, 6) is 0. The Bertz CT molecular complexity index is 307. The predicted molar refractivity (Wildman–Crippen MR) is 136 cm³/mol. The van der Waals surface area contributed by atoms with Crippen molar-refractivity contribution in [3.8, 4) is 0 Å². The smallest absolute Gasteiger partial charge is 0.0552 e. The van der Waals surface area contributed by atoms with Crippen LogP contribution in [0.2, 0.25) is 0 Å². The van der Waals surface area contributed by atoms with Crippen LogP contribution in [0.4, 0.5) is 0 Å². The number of rotatable bonds is 25. The van der Waals surface area contributed by atoms with Gasteiger partial charge in [-0.25, -0.2) is 0 Å². The molecule has 0 aliphatic rings. The second kappa shape index (κ2) is 25.2. The van der Waals surface area contributed by atoms with E-state index < -0.39 is 0 Å². The highest BCUT2D eigenvalue weighted by Gasteiger charge is 2.09. The maximum atomic E-state index is 10.4. The number of nitrogens with zero attached hydrogens (tertiary/aromatic N) is 1. The molecule has 0 bridgehead atoms. The number of hydrogen-bond donors (Lipinski definition) is 1. The van der Waals surface area contributed by atoms with Crippen LogP contribution in [-0.2, 0) is 0 Å². The van der Waals surface area contributed by atoms with Crippen LogP contribution in [0.15, 0.2) is 0 Å². The minimum Gasteiger partial charge on any atom is -0.393 e. The number of aliphatic hydroxyl groups excluding tert-OH is 1. The van der Waals surface area contributed by atoms with Gasteiger partial charge in [-0.2, -0.15) is 0 Å². The molecular formula is C28H59NO. The van der Waals surface area contributed by atoms with Gasteiger partial charge in [0.1, 0.15) is 0 Å². The first kappa shape index (κ1) is 29.9. The van der Waals surface area contributed by atoms with E-state index in [1.807, 2.05) is 0 Å². The van der Waals surface area contributed by atoms with Crippen molar-refractivity contribution in [2.45, 2.75) is 162 Å². The fourth-order valence-corrected chi connectivity index (χ4v) is 4.35. The van der Waals surface area contributed by atoms with Crippen molar-refractivity contribution in [1.82, 2.24) is 4.90 Å². The van der Waals surface area contributed by atoms with Crippen molar-refractivity contribution in [2.24, 2.45) is 0 Å². The van der Waals surface area contributed by atoms with E-state index >= 15 is 0 Å². The minimum absolute atomic E-state index is 0.0857. The molecular weight excluding hydrogens is 366 g/mol. The highest BCUT2D eigenvalue weighted by molar-refractivity contribution is 4.64. The molecule has 0 saturated carbocycles. The summed E-state index contributed by atoms with van der Waals surface area (Å²) in [6, 6.07) is 0. The van der Waals surface area contributed by atoms with Crippen molar-refractivity contribution < 1.29 is 5.11 Å². The molecule has 0 spiro atoms. The standard InChI is InChI=1S/C28H59NO/c1-4-7-10-12-14-15-16-18-20-22-26-29(25-9-6-3)27-24-28(30)23-21-19-17-13-11-8-5-2/h28,30H,4-27H2,1-3H3. The molecule has 0 rings (SSSR count). The second-order valence-electron chi connectivity index (χ2n) is 9.73. The predicted octanol–water partition coefficient (Wildman–Crippen LogP) is 8.90. The SMILES string of the molecule is CCCCCCCCCCCCN(CCCC)CCC(O)CCCCCCCCC. The Balaban J connectivity index is 3.69. The Kier molecular flexibility index (Phi) is 25.1. The summed E-state index contributed by atoms with van der Waals surface area (Å²) in [5.41, 5.74) is 0. The zero-order chi connectivity index (χ0) is 22.1. The van der Waals surface area contributed by atoms with Crippen LogP contribution < -0.4 is 0 Å². The van der Waals surface area contributed by atoms with Gasteiger partial charge >= 0.3 is 0 Å². The lowest BCUT2D eigenvalue weighted by Crippen LogP contribution is -2.29. The second-order valence-corrected chi connectivity index (χ2v) is 9.73. The third kappa shape index (κ3) is 22.6. The topological polar surface area (TPSA) is 23.5 Å². The first-order valence-electron chi connectivity index (χ1n) is 14.1. The molecule has 0 aromatic carbocycles. The Morgan fingerprint density at radius 1 is 0.433 bits per heavy atom. The number of unbranched alkanes of at least 4 members (excludes halogenated alkanes) is 16. The molecule has 0 aliphatic carbocycles. The van der Waals surface area contributed by atoms with E-state index in [2.05, 4.69) is 25.7 Å². The average molecular weight is 426 g/mol. The summed E-state index contributed by atoms with van der Waals surface area (Å²) in [6.07, 6.45) is 27.9. The lowest BCUT2D eigenvalue weighted by molar-refractivity contribution is 0.128. The van der Waals surface area contributed by atoms with Gasteiger partial charge in [-0.3, -0.25) is 0 Å². The Morgan fingerprint density at radius 3 is 1.33 bits per heavy atom. The van der Waals surface area contributed by atoms with Crippen molar-refractivity contribution in [3.63, 3.8) is 0 Å². The molecule has 2 nitrogen and oxygen atoms in total. The Labute approximate surface area is 191 Å². The number of aliphatic hydroxyl groups is 1. The molecule has 1 atom stereocenters. The van der Waals surface area contributed by atoms with Crippen LogP contribution in [0.25, 0.3) is 0 Å². The largest absolute Gasteiger partial charge is 0.393 e. The lowest BCUT2D eigenvalue weighted by Gasteiger charge is -2.23. The van der Waals surface area contributed by atoms with Crippen LogP contribution in [0.5, 0.6) is 0 Å². The highest BCUT2D eigenvalue weighted by Crippen LogP contribution is 2.13. The highest BCUT2D eigenvalue weighted by atomic mass is 16.3. The van der Waals surface area contributed by atoms with Gasteiger partial charge in [-0.15, -0.1) is 0 Å². The summed E-state index contributed by atoms with van der Waals surface area (Å²) in [5, 5.41) is 10.4. The zero-order valence-electron chi connectivity index (χ0n) is 21.4. The fraction of sp³-hybridized carbons (Fsp3) is 1.00. The first-order valence-corrected chi connectivity index (χ1v) is 14.1. The molecule has 0 saturated heterocycles. The van der Waals surface area contributed by atoms with E-state index in [1.54, 1.807) is 0 Å². The van der Waals surface area contributed by atoms with Crippen LogP contribution in [0, 0.1) is 0 Å². The fourth-order valence-electron chi connectivity index (χ4n) is 4.35. The van der Waals surface area contributed by atoms with Gasteiger partial charge in [0.05, 0.1) is 6.10 Å². The maximum Gasteiger partial charge on any atom is 0.0552 e. The van der Waals surface area contributed by atoms with Gasteiger partial charge in [0.2, 0.25) is 0 Å². The van der Waals surface area contributed by atoms with Crippen LogP contribution in [0.3, 0.4) is 0 Å². The van der Waals surface area contributed by atoms with Crippen molar-refractivity contribution in [3.05, 3.63) is 0 Å². The summed E-state index contributed by atoms with van der Waals surface area (Å²) >= 11 is 0. The van der Waals surface area contributed by atoms with E-state index in [-0.39, 0.29) is 6.10 Å². The molecule has 0 radical (unpaired) electrons. The van der Waals surface area contributed by atoms with E-state index in [0.29, 0.717) is 0 Å². The third-order valence-corrected chi connectivity index (χ3v) is 6.58. The third-order valence-electron chi connectivity index (χ3n) is 6.58. The Morgan fingerprint density at radius 2 is 0.833 bits per heavy atom. The van der Waals surface area contributed by atoms with E-state index in [0.717, 1.165) is 19.4 Å². The monoisotopic (exact) mass is 425 g/mol. The van der Waals surface area contributed by atoms with Crippen LogP contribution in [0.1, 0.15) is 156 Å². The summed E-state index contributed by atoms with van der Waals surface area (Å²) in [7, 11) is 0. The number of hydrogen-bond acceptors (Lipinski definition) is 2. The quantitative estimate of drug-likeness (QED) is 0.148. The van der Waals surface area contributed by atoms with E-state index in [4.69, 9.17) is 0 Å². The van der Waals surface area contributed by atoms with Crippen molar-refractivity contribution in [1.29, 1.82) is 0 Å². The minimum atomic E-state index is -0.0857. The van der Waals surface area contributed by atoms with Crippen LogP contribution >= 0.6 is 0 Å². The summed E-state index contributed by atoms with van der Waals surface area (Å²) < 4.78 is 0.